The van der Waals surface area contributed by atoms with Crippen molar-refractivity contribution < 1.29 is 13.2 Å². The second kappa shape index (κ2) is 9.30. The van der Waals surface area contributed by atoms with Crippen molar-refractivity contribution in [3.8, 4) is 5.69 Å². The Balaban J connectivity index is 1.53. The first kappa shape index (κ1) is 22.3. The smallest absolute Gasteiger partial charge is 0.261 e. The minimum absolute atomic E-state index is 0.158. The van der Waals surface area contributed by atoms with Crippen molar-refractivity contribution in [3.05, 3.63) is 108 Å². The lowest BCUT2D eigenvalue weighted by Gasteiger charge is -2.15. The van der Waals surface area contributed by atoms with E-state index in [0.29, 0.717) is 23.4 Å². The minimum Gasteiger partial charge on any atom is -0.348 e. The first-order valence-corrected chi connectivity index (χ1v) is 11.9. The number of nitrogens with zero attached hydrogens (tertiary/aromatic N) is 2. The maximum Gasteiger partial charge on any atom is 0.261 e. The highest BCUT2D eigenvalue weighted by molar-refractivity contribution is 7.92. The van der Waals surface area contributed by atoms with Gasteiger partial charge in [-0.2, -0.15) is 0 Å². The summed E-state index contributed by atoms with van der Waals surface area (Å²) in [7, 11) is -3.76. The number of amides is 1. The van der Waals surface area contributed by atoms with Crippen LogP contribution in [-0.4, -0.2) is 23.9 Å². The van der Waals surface area contributed by atoms with Crippen molar-refractivity contribution in [1.82, 2.24) is 14.9 Å². The van der Waals surface area contributed by atoms with E-state index in [1.165, 1.54) is 12.1 Å². The quantitative estimate of drug-likeness (QED) is 0.432. The van der Waals surface area contributed by atoms with Gasteiger partial charge >= 0.3 is 0 Å². The molecule has 33 heavy (non-hydrogen) atoms. The maximum atomic E-state index is 13.0. The van der Waals surface area contributed by atoms with Gasteiger partial charge in [-0.1, -0.05) is 42.5 Å². The molecule has 0 unspecified atom stereocenters. The first-order chi connectivity index (χ1) is 15.9. The molecule has 0 aliphatic rings. The van der Waals surface area contributed by atoms with E-state index in [1.807, 2.05) is 42.0 Å². The van der Waals surface area contributed by atoms with Gasteiger partial charge in [0.15, 0.2) is 0 Å². The lowest BCUT2D eigenvalue weighted by Crippen LogP contribution is -2.25. The van der Waals surface area contributed by atoms with Crippen LogP contribution < -0.4 is 10.0 Å². The number of carbonyl (C=O) groups excluding carboxylic acids is 1. The number of para-hydroxylation sites is 1. The Kier molecular flexibility index (Phi) is 6.28. The molecule has 0 aliphatic carbocycles. The number of sulfonamides is 1. The minimum atomic E-state index is -3.76. The van der Waals surface area contributed by atoms with Crippen molar-refractivity contribution in [2.45, 2.75) is 25.3 Å². The standard InChI is InChI=1S/C25H24N4O3S/c1-18-22(12-8-13-23(18)28-33(31,32)21-10-4-3-5-11-21)25(30)27-17-20-9-6-7-14-24(20)29-16-15-26-19(29)2/h3-16,28H,17H2,1-2H3,(H,27,30). The normalized spacial score (nSPS) is 11.2. The molecule has 0 spiro atoms. The van der Waals surface area contributed by atoms with Crippen LogP contribution in [0.2, 0.25) is 0 Å². The van der Waals surface area contributed by atoms with Crippen LogP contribution in [0.15, 0.2) is 90.1 Å². The predicted octanol–water partition coefficient (Wildman–Crippen LogP) is 4.22. The van der Waals surface area contributed by atoms with Gasteiger partial charge in [-0.25, -0.2) is 13.4 Å². The lowest BCUT2D eigenvalue weighted by atomic mass is 10.1. The van der Waals surface area contributed by atoms with Crippen LogP contribution in [-0.2, 0) is 16.6 Å². The number of nitrogens with one attached hydrogen (secondary N) is 2. The van der Waals surface area contributed by atoms with E-state index in [0.717, 1.165) is 17.1 Å². The molecule has 4 aromatic rings. The number of aromatic nitrogens is 2. The van der Waals surface area contributed by atoms with E-state index >= 15 is 0 Å². The zero-order valence-electron chi connectivity index (χ0n) is 18.3. The van der Waals surface area contributed by atoms with Crippen LogP contribution in [0.4, 0.5) is 5.69 Å². The lowest BCUT2D eigenvalue weighted by molar-refractivity contribution is 0.0950. The molecule has 0 radical (unpaired) electrons. The molecule has 0 saturated heterocycles. The second-order valence-corrected chi connectivity index (χ2v) is 9.23. The molecule has 0 fully saturated rings. The van der Waals surface area contributed by atoms with Gasteiger partial charge in [0, 0.05) is 24.5 Å². The molecule has 0 saturated carbocycles. The third kappa shape index (κ3) is 4.80. The number of hydrogen-bond acceptors (Lipinski definition) is 4. The zero-order chi connectivity index (χ0) is 23.4. The summed E-state index contributed by atoms with van der Waals surface area (Å²) in [6.07, 6.45) is 3.61. The zero-order valence-corrected chi connectivity index (χ0v) is 19.1. The van der Waals surface area contributed by atoms with Gasteiger partial charge in [-0.3, -0.25) is 9.52 Å². The van der Waals surface area contributed by atoms with Crippen molar-refractivity contribution in [3.63, 3.8) is 0 Å². The molecule has 1 aromatic heterocycles. The van der Waals surface area contributed by atoms with Gasteiger partial charge in [0.1, 0.15) is 5.82 Å². The number of aryl methyl sites for hydroxylation is 1. The van der Waals surface area contributed by atoms with E-state index in [9.17, 15) is 13.2 Å². The number of rotatable bonds is 7. The Labute approximate surface area is 193 Å². The molecule has 7 nitrogen and oxygen atoms in total. The molecule has 0 atom stereocenters. The Morgan fingerprint density at radius 1 is 0.939 bits per heavy atom. The summed E-state index contributed by atoms with van der Waals surface area (Å²) in [5.41, 5.74) is 3.19. The van der Waals surface area contributed by atoms with E-state index in [4.69, 9.17) is 0 Å². The number of imidazole rings is 1. The average Bonchev–Trinajstić information content (AvgIpc) is 3.25. The summed E-state index contributed by atoms with van der Waals surface area (Å²) < 4.78 is 30.0. The number of benzene rings is 3. The van der Waals surface area contributed by atoms with Crippen LogP contribution in [0.1, 0.15) is 27.3 Å². The Bertz CT molecular complexity index is 1400. The molecule has 168 valence electrons. The molecule has 1 heterocycles. The van der Waals surface area contributed by atoms with Gasteiger partial charge in [-0.05, 0) is 55.3 Å². The molecule has 8 heteroatoms. The van der Waals surface area contributed by atoms with Crippen molar-refractivity contribution in [2.75, 3.05) is 4.72 Å². The number of carbonyl (C=O) groups is 1. The summed E-state index contributed by atoms with van der Waals surface area (Å²) in [5, 5.41) is 2.95. The van der Waals surface area contributed by atoms with E-state index < -0.39 is 10.0 Å². The van der Waals surface area contributed by atoms with Gasteiger partial charge in [-0.15, -0.1) is 0 Å². The number of hydrogen-bond donors (Lipinski definition) is 2. The van der Waals surface area contributed by atoms with Crippen LogP contribution in [0.5, 0.6) is 0 Å². The fourth-order valence-corrected chi connectivity index (χ4v) is 4.74. The topological polar surface area (TPSA) is 93.1 Å². The molecule has 2 N–H and O–H groups in total. The fourth-order valence-electron chi connectivity index (χ4n) is 3.59. The van der Waals surface area contributed by atoms with E-state index in [2.05, 4.69) is 15.0 Å². The molecule has 4 rings (SSSR count). The van der Waals surface area contributed by atoms with Crippen LogP contribution in [0.25, 0.3) is 5.69 Å². The summed E-state index contributed by atoms with van der Waals surface area (Å²) in [4.78, 5) is 17.4. The highest BCUT2D eigenvalue weighted by atomic mass is 32.2. The summed E-state index contributed by atoms with van der Waals surface area (Å²) in [6, 6.07) is 20.9. The summed E-state index contributed by atoms with van der Waals surface area (Å²) in [6.45, 7) is 3.95. The van der Waals surface area contributed by atoms with Crippen molar-refractivity contribution in [2.24, 2.45) is 0 Å². The third-order valence-corrected chi connectivity index (χ3v) is 6.77. The summed E-state index contributed by atoms with van der Waals surface area (Å²) in [5.74, 6) is 0.563. The van der Waals surface area contributed by atoms with Crippen molar-refractivity contribution in [1.29, 1.82) is 0 Å². The Hall–Kier alpha value is -3.91. The summed E-state index contributed by atoms with van der Waals surface area (Å²) >= 11 is 0. The average molecular weight is 461 g/mol. The third-order valence-electron chi connectivity index (χ3n) is 5.39. The second-order valence-electron chi connectivity index (χ2n) is 7.55. The van der Waals surface area contributed by atoms with Crippen LogP contribution in [0.3, 0.4) is 0 Å². The Morgan fingerprint density at radius 3 is 2.39 bits per heavy atom. The van der Waals surface area contributed by atoms with Crippen LogP contribution >= 0.6 is 0 Å². The van der Waals surface area contributed by atoms with Crippen LogP contribution in [0, 0.1) is 13.8 Å². The van der Waals surface area contributed by atoms with Gasteiger partial charge in [0.05, 0.1) is 16.3 Å². The molecule has 0 aliphatic heterocycles. The van der Waals surface area contributed by atoms with Crippen molar-refractivity contribution >= 4 is 21.6 Å². The predicted molar refractivity (Wildman–Crippen MR) is 128 cm³/mol. The number of anilines is 1. The monoisotopic (exact) mass is 460 g/mol. The Morgan fingerprint density at radius 2 is 1.67 bits per heavy atom. The maximum absolute atomic E-state index is 13.0. The molecule has 1 amide bonds. The fraction of sp³-hybridized carbons (Fsp3) is 0.120. The van der Waals surface area contributed by atoms with Gasteiger partial charge in [0.2, 0.25) is 0 Å². The molecular formula is C25H24N4O3S. The van der Waals surface area contributed by atoms with E-state index in [-0.39, 0.29) is 10.8 Å². The SMILES string of the molecule is Cc1c(NS(=O)(=O)c2ccccc2)cccc1C(=O)NCc1ccccc1-n1ccnc1C. The molecular weight excluding hydrogens is 436 g/mol. The highest BCUT2D eigenvalue weighted by Crippen LogP contribution is 2.23. The van der Waals surface area contributed by atoms with Gasteiger partial charge in [0.25, 0.3) is 15.9 Å². The largest absolute Gasteiger partial charge is 0.348 e. The first-order valence-electron chi connectivity index (χ1n) is 10.4. The molecule has 3 aromatic carbocycles. The van der Waals surface area contributed by atoms with Gasteiger partial charge < -0.3 is 9.88 Å². The highest BCUT2D eigenvalue weighted by Gasteiger charge is 2.18. The van der Waals surface area contributed by atoms with E-state index in [1.54, 1.807) is 49.5 Å². The molecule has 0 bridgehead atoms.